The lowest BCUT2D eigenvalue weighted by Crippen LogP contribution is -2.30. The van der Waals surface area contributed by atoms with Gasteiger partial charge in [-0.25, -0.2) is 4.98 Å². The van der Waals surface area contributed by atoms with Crippen molar-refractivity contribution >= 4 is 40.3 Å². The molecule has 0 spiro atoms. The van der Waals surface area contributed by atoms with Crippen molar-refractivity contribution in [3.63, 3.8) is 0 Å². The number of hydrogen-bond acceptors (Lipinski definition) is 7. The van der Waals surface area contributed by atoms with Crippen LogP contribution in [0.2, 0.25) is 0 Å². The van der Waals surface area contributed by atoms with Gasteiger partial charge in [0, 0.05) is 17.6 Å². The second-order valence-corrected chi connectivity index (χ2v) is 9.77. The van der Waals surface area contributed by atoms with E-state index in [9.17, 15) is 4.79 Å². The third-order valence-electron chi connectivity index (χ3n) is 4.79. The molecule has 6 nitrogen and oxygen atoms in total. The Morgan fingerprint density at radius 2 is 2.00 bits per heavy atom. The number of aromatic nitrogens is 4. The normalized spacial score (nSPS) is 14.5. The molecule has 0 radical (unpaired) electrons. The van der Waals surface area contributed by atoms with Crippen LogP contribution in [-0.2, 0) is 4.79 Å². The number of amides is 1. The molecule has 1 N–H and O–H groups in total. The van der Waals surface area contributed by atoms with Gasteiger partial charge >= 0.3 is 0 Å². The fourth-order valence-corrected chi connectivity index (χ4v) is 5.49. The van der Waals surface area contributed by atoms with Gasteiger partial charge in [-0.1, -0.05) is 48.2 Å². The molecule has 9 heteroatoms. The quantitative estimate of drug-likeness (QED) is 0.388. The fourth-order valence-electron chi connectivity index (χ4n) is 3.25. The lowest BCUT2D eigenvalue weighted by Gasteiger charge is -2.17. The second-order valence-electron chi connectivity index (χ2n) is 6.95. The van der Waals surface area contributed by atoms with Crippen molar-refractivity contribution in [2.24, 2.45) is 0 Å². The average Bonchev–Trinajstić information content (AvgIpc) is 3.21. The summed E-state index contributed by atoms with van der Waals surface area (Å²) in [5.74, 6) is 1.14. The summed E-state index contributed by atoms with van der Waals surface area (Å²) in [5, 5.41) is 17.6. The first-order chi connectivity index (χ1) is 14.8. The molecule has 3 aromatic heterocycles. The highest BCUT2D eigenvalue weighted by Crippen LogP contribution is 2.41. The zero-order chi connectivity index (χ0) is 20.3. The Kier molecular flexibility index (Phi) is 5.65. The van der Waals surface area contributed by atoms with Crippen LogP contribution in [0.15, 0.2) is 64.6 Å². The molecule has 0 bridgehead atoms. The molecule has 5 rings (SSSR count). The maximum absolute atomic E-state index is 12.8. The lowest BCUT2D eigenvalue weighted by atomic mass is 10.1. The molecule has 1 unspecified atom stereocenters. The molecule has 1 amide bonds. The summed E-state index contributed by atoms with van der Waals surface area (Å²) in [6.45, 7) is 0. The van der Waals surface area contributed by atoms with Crippen LogP contribution in [0.5, 0.6) is 0 Å². The van der Waals surface area contributed by atoms with Gasteiger partial charge < -0.3 is 5.32 Å². The number of thiazole rings is 1. The van der Waals surface area contributed by atoms with E-state index in [0.29, 0.717) is 6.04 Å². The zero-order valence-corrected chi connectivity index (χ0v) is 18.4. The van der Waals surface area contributed by atoms with E-state index < -0.39 is 0 Å². The molecular weight excluding hydrogens is 434 g/mol. The number of thiophene rings is 1. The third kappa shape index (κ3) is 4.19. The highest BCUT2D eigenvalue weighted by atomic mass is 32.2. The van der Waals surface area contributed by atoms with Crippen LogP contribution >= 0.6 is 34.4 Å². The molecule has 1 aliphatic carbocycles. The van der Waals surface area contributed by atoms with Gasteiger partial charge in [0.15, 0.2) is 11.0 Å². The molecule has 1 atom stereocenters. The van der Waals surface area contributed by atoms with Gasteiger partial charge in [0.2, 0.25) is 5.91 Å². The molecular formula is C21H19N5OS3. The van der Waals surface area contributed by atoms with Gasteiger partial charge in [-0.15, -0.1) is 32.9 Å². The summed E-state index contributed by atoms with van der Waals surface area (Å²) in [6, 6.07) is 14.2. The van der Waals surface area contributed by atoms with Crippen LogP contribution in [0.3, 0.4) is 0 Å². The first-order valence-corrected chi connectivity index (χ1v) is 12.4. The lowest BCUT2D eigenvalue weighted by molar-refractivity contribution is -0.119. The predicted molar refractivity (Wildman–Crippen MR) is 121 cm³/mol. The van der Waals surface area contributed by atoms with E-state index in [0.717, 1.165) is 39.3 Å². The number of hydrogen-bond donors (Lipinski definition) is 1. The molecule has 0 aliphatic heterocycles. The van der Waals surface area contributed by atoms with Crippen molar-refractivity contribution < 1.29 is 4.79 Å². The Labute approximate surface area is 186 Å². The molecule has 3 heterocycles. The minimum absolute atomic E-state index is 0.0490. The van der Waals surface area contributed by atoms with Gasteiger partial charge in [0.1, 0.15) is 11.0 Å². The van der Waals surface area contributed by atoms with Crippen LogP contribution < -0.4 is 5.32 Å². The zero-order valence-electron chi connectivity index (χ0n) is 16.0. The van der Waals surface area contributed by atoms with Gasteiger partial charge in [-0.05, 0) is 29.9 Å². The Balaban J connectivity index is 1.30. The molecule has 4 aromatic rings. The summed E-state index contributed by atoms with van der Waals surface area (Å²) >= 11 is 4.64. The highest BCUT2D eigenvalue weighted by Gasteiger charge is 2.30. The Morgan fingerprint density at radius 1 is 1.13 bits per heavy atom. The maximum Gasteiger partial charge on any atom is 0.231 e. The summed E-state index contributed by atoms with van der Waals surface area (Å²) in [4.78, 5) is 18.3. The van der Waals surface area contributed by atoms with E-state index in [-0.39, 0.29) is 17.7 Å². The van der Waals surface area contributed by atoms with Crippen molar-refractivity contribution in [1.82, 2.24) is 25.1 Å². The first kappa shape index (κ1) is 19.5. The minimum atomic E-state index is -0.248. The molecule has 1 fully saturated rings. The number of thioether (sulfide) groups is 1. The van der Waals surface area contributed by atoms with Crippen molar-refractivity contribution in [2.45, 2.75) is 30.1 Å². The SMILES string of the molecule is O=C(CSc1nnc(-c2cccs2)n1C1CC1)NC(c1ccccc1)c1nccs1. The van der Waals surface area contributed by atoms with Crippen molar-refractivity contribution in [2.75, 3.05) is 5.75 Å². The van der Waals surface area contributed by atoms with E-state index in [1.807, 2.05) is 47.2 Å². The van der Waals surface area contributed by atoms with E-state index in [1.165, 1.54) is 11.8 Å². The van der Waals surface area contributed by atoms with Gasteiger partial charge in [0.25, 0.3) is 0 Å². The van der Waals surface area contributed by atoms with E-state index in [2.05, 4.69) is 31.1 Å². The van der Waals surface area contributed by atoms with Crippen molar-refractivity contribution in [3.8, 4) is 10.7 Å². The smallest absolute Gasteiger partial charge is 0.231 e. The van der Waals surface area contributed by atoms with Gasteiger partial charge in [-0.2, -0.15) is 0 Å². The summed E-state index contributed by atoms with van der Waals surface area (Å²) < 4.78 is 2.19. The Morgan fingerprint density at radius 3 is 2.70 bits per heavy atom. The van der Waals surface area contributed by atoms with E-state index >= 15 is 0 Å². The number of carbonyl (C=O) groups excluding carboxylic acids is 1. The number of benzene rings is 1. The summed E-state index contributed by atoms with van der Waals surface area (Å²) in [7, 11) is 0. The topological polar surface area (TPSA) is 72.7 Å². The molecule has 1 aliphatic rings. The van der Waals surface area contributed by atoms with Crippen LogP contribution in [0.25, 0.3) is 10.7 Å². The largest absolute Gasteiger partial charge is 0.342 e. The van der Waals surface area contributed by atoms with Crippen LogP contribution in [0.1, 0.15) is 35.5 Å². The monoisotopic (exact) mass is 453 g/mol. The average molecular weight is 454 g/mol. The van der Waals surface area contributed by atoms with E-state index in [4.69, 9.17) is 0 Å². The standard InChI is InChI=1S/C21H19N5OS3/c27-17(23-18(20-22-10-12-29-20)14-5-2-1-3-6-14)13-30-21-25-24-19(16-7-4-11-28-16)26(21)15-8-9-15/h1-7,10-12,15,18H,8-9,13H2,(H,23,27). The highest BCUT2D eigenvalue weighted by molar-refractivity contribution is 7.99. The molecule has 30 heavy (non-hydrogen) atoms. The number of nitrogens with one attached hydrogen (secondary N) is 1. The number of nitrogens with zero attached hydrogens (tertiary/aromatic N) is 4. The summed E-state index contributed by atoms with van der Waals surface area (Å²) in [6.07, 6.45) is 4.04. The van der Waals surface area contributed by atoms with Crippen LogP contribution in [-0.4, -0.2) is 31.4 Å². The molecule has 152 valence electrons. The van der Waals surface area contributed by atoms with E-state index in [1.54, 1.807) is 28.9 Å². The Hall–Kier alpha value is -2.49. The minimum Gasteiger partial charge on any atom is -0.342 e. The third-order valence-corrected chi connectivity index (χ3v) is 7.44. The summed E-state index contributed by atoms with van der Waals surface area (Å²) in [5.41, 5.74) is 1.02. The molecule has 0 saturated heterocycles. The Bertz CT molecular complexity index is 1110. The van der Waals surface area contributed by atoms with Crippen molar-refractivity contribution in [3.05, 3.63) is 70.0 Å². The number of rotatable bonds is 8. The second kappa shape index (κ2) is 8.71. The van der Waals surface area contributed by atoms with Crippen LogP contribution in [0.4, 0.5) is 0 Å². The molecule has 1 saturated carbocycles. The van der Waals surface area contributed by atoms with Gasteiger partial charge in [0.05, 0.1) is 10.6 Å². The van der Waals surface area contributed by atoms with Crippen LogP contribution in [0, 0.1) is 0 Å². The maximum atomic E-state index is 12.8. The van der Waals surface area contributed by atoms with Crippen molar-refractivity contribution in [1.29, 1.82) is 0 Å². The molecule has 1 aromatic carbocycles. The predicted octanol–water partition coefficient (Wildman–Crippen LogP) is 4.80. The number of carbonyl (C=O) groups is 1. The first-order valence-electron chi connectivity index (χ1n) is 9.65. The fraction of sp³-hybridized carbons (Fsp3) is 0.238. The van der Waals surface area contributed by atoms with Gasteiger partial charge in [-0.3, -0.25) is 9.36 Å².